The normalized spacial score (nSPS) is 12.5. The molecule has 2 nitrogen and oxygen atoms in total. The van der Waals surface area contributed by atoms with E-state index in [0.717, 1.165) is 6.42 Å². The molecule has 0 saturated carbocycles. The van der Waals surface area contributed by atoms with Crippen LogP contribution in [0.2, 0.25) is 0 Å². The van der Waals surface area contributed by atoms with Gasteiger partial charge < -0.3 is 5.32 Å². The summed E-state index contributed by atoms with van der Waals surface area (Å²) in [6, 6.07) is 0.0662. The molecule has 0 aliphatic carbocycles. The molecular weight excluding hydrogens is 210 g/mol. The summed E-state index contributed by atoms with van der Waals surface area (Å²) < 4.78 is 0. The Kier molecular flexibility index (Phi) is 23.2. The van der Waals surface area contributed by atoms with Gasteiger partial charge in [-0.2, -0.15) is 0 Å². The van der Waals surface area contributed by atoms with Crippen molar-refractivity contribution < 1.29 is 4.79 Å². The third kappa shape index (κ3) is 13.6. The van der Waals surface area contributed by atoms with Crippen molar-refractivity contribution in [2.24, 2.45) is 5.92 Å². The van der Waals surface area contributed by atoms with Crippen molar-refractivity contribution in [1.29, 1.82) is 0 Å². The van der Waals surface area contributed by atoms with Crippen LogP contribution in [0.25, 0.3) is 0 Å². The molecule has 2 atom stereocenters. The van der Waals surface area contributed by atoms with Crippen LogP contribution in [0.4, 0.5) is 0 Å². The van der Waals surface area contributed by atoms with Crippen LogP contribution in [0.3, 0.4) is 0 Å². The molecule has 0 aliphatic heterocycles. The van der Waals surface area contributed by atoms with Crippen LogP contribution in [-0.4, -0.2) is 18.9 Å². The van der Waals surface area contributed by atoms with E-state index in [-0.39, 0.29) is 11.8 Å². The van der Waals surface area contributed by atoms with Gasteiger partial charge in [0.15, 0.2) is 0 Å². The van der Waals surface area contributed by atoms with Gasteiger partial charge in [0.05, 0.1) is 6.04 Å². The molecule has 0 aromatic carbocycles. The number of carbonyl (C=O) groups is 1. The largest absolute Gasteiger partial charge is 0.311 e. The van der Waals surface area contributed by atoms with E-state index < -0.39 is 0 Å². The Morgan fingerprint density at radius 3 is 1.82 bits per heavy atom. The van der Waals surface area contributed by atoms with Gasteiger partial charge in [-0.25, -0.2) is 0 Å². The Morgan fingerprint density at radius 1 is 1.12 bits per heavy atom. The van der Waals surface area contributed by atoms with E-state index >= 15 is 0 Å². The summed E-state index contributed by atoms with van der Waals surface area (Å²) in [4.78, 5) is 11.2. The van der Waals surface area contributed by atoms with Gasteiger partial charge in [0, 0.05) is 0 Å². The quantitative estimate of drug-likeness (QED) is 0.719. The number of hydrogen-bond acceptors (Lipinski definition) is 2. The van der Waals surface area contributed by atoms with Crippen LogP contribution in [0, 0.1) is 5.92 Å². The van der Waals surface area contributed by atoms with Gasteiger partial charge in [-0.1, -0.05) is 60.8 Å². The molecular formula is C15H35NO. The standard InChI is InChI=1S/C11H23NO.2C2H6/c1-5-7-10(6-2)8-11(12-4)9(3)13;2*1-2/h10-12H,5-8H2,1-4H3;2*1-2H3. The zero-order chi connectivity index (χ0) is 14.3. The van der Waals surface area contributed by atoms with Crippen LogP contribution in [0.15, 0.2) is 0 Å². The number of rotatable bonds is 7. The van der Waals surface area contributed by atoms with Crippen LogP contribution in [0.5, 0.6) is 0 Å². The lowest BCUT2D eigenvalue weighted by Crippen LogP contribution is -2.34. The molecule has 0 fully saturated rings. The highest BCUT2D eigenvalue weighted by Crippen LogP contribution is 2.17. The average molecular weight is 245 g/mol. The maximum absolute atomic E-state index is 11.2. The molecule has 2 heteroatoms. The van der Waals surface area contributed by atoms with Gasteiger partial charge in [0.2, 0.25) is 0 Å². The molecule has 0 aromatic rings. The molecule has 0 aromatic heterocycles. The molecule has 0 saturated heterocycles. The van der Waals surface area contributed by atoms with E-state index in [0.29, 0.717) is 5.92 Å². The van der Waals surface area contributed by atoms with E-state index in [2.05, 4.69) is 19.2 Å². The highest BCUT2D eigenvalue weighted by atomic mass is 16.1. The summed E-state index contributed by atoms with van der Waals surface area (Å²) in [5, 5.41) is 3.08. The summed E-state index contributed by atoms with van der Waals surface area (Å²) >= 11 is 0. The maximum atomic E-state index is 11.2. The number of ketones is 1. The molecule has 0 heterocycles. The first-order valence-electron chi connectivity index (χ1n) is 7.33. The van der Waals surface area contributed by atoms with Crippen molar-refractivity contribution in [2.45, 2.75) is 80.2 Å². The van der Waals surface area contributed by atoms with Gasteiger partial charge in [-0.3, -0.25) is 4.79 Å². The topological polar surface area (TPSA) is 29.1 Å². The first-order chi connectivity index (χ1) is 8.15. The minimum absolute atomic E-state index is 0.0662. The fourth-order valence-corrected chi connectivity index (χ4v) is 1.72. The lowest BCUT2D eigenvalue weighted by molar-refractivity contribution is -0.119. The Hall–Kier alpha value is -0.370. The van der Waals surface area contributed by atoms with Crippen molar-refractivity contribution in [2.75, 3.05) is 7.05 Å². The molecule has 0 amide bonds. The Bertz CT molecular complexity index is 146. The van der Waals surface area contributed by atoms with Crippen molar-refractivity contribution in [1.82, 2.24) is 5.32 Å². The van der Waals surface area contributed by atoms with Crippen molar-refractivity contribution in [3.63, 3.8) is 0 Å². The molecule has 1 N–H and O–H groups in total. The Balaban J connectivity index is -0.000000439. The highest BCUT2D eigenvalue weighted by Gasteiger charge is 2.16. The molecule has 17 heavy (non-hydrogen) atoms. The summed E-state index contributed by atoms with van der Waals surface area (Å²) in [5.41, 5.74) is 0. The van der Waals surface area contributed by atoms with Crippen molar-refractivity contribution in [3.8, 4) is 0 Å². The van der Waals surface area contributed by atoms with Gasteiger partial charge in [0.1, 0.15) is 5.78 Å². The third-order valence-electron chi connectivity index (χ3n) is 2.68. The summed E-state index contributed by atoms with van der Waals surface area (Å²) in [6.07, 6.45) is 4.63. The second-order valence-electron chi connectivity index (χ2n) is 3.75. The van der Waals surface area contributed by atoms with E-state index in [1.165, 1.54) is 19.3 Å². The smallest absolute Gasteiger partial charge is 0.146 e. The lowest BCUT2D eigenvalue weighted by Gasteiger charge is -2.19. The molecule has 0 spiro atoms. The second kappa shape index (κ2) is 18.0. The predicted molar refractivity (Wildman–Crippen MR) is 79.5 cm³/mol. The second-order valence-corrected chi connectivity index (χ2v) is 3.75. The number of Topliss-reactive ketones (excluding diaryl/α,β-unsaturated/α-hetero) is 1. The van der Waals surface area contributed by atoms with Crippen molar-refractivity contribution >= 4 is 5.78 Å². The Labute approximate surface area is 110 Å². The highest BCUT2D eigenvalue weighted by molar-refractivity contribution is 5.81. The van der Waals surface area contributed by atoms with E-state index in [1.54, 1.807) is 6.92 Å². The first kappa shape index (κ1) is 21.9. The van der Waals surface area contributed by atoms with E-state index in [4.69, 9.17) is 0 Å². The van der Waals surface area contributed by atoms with E-state index in [1.807, 2.05) is 34.7 Å². The van der Waals surface area contributed by atoms with Crippen LogP contribution >= 0.6 is 0 Å². The minimum atomic E-state index is 0.0662. The lowest BCUT2D eigenvalue weighted by atomic mass is 9.91. The molecule has 0 radical (unpaired) electrons. The molecule has 0 aliphatic rings. The fourth-order valence-electron chi connectivity index (χ4n) is 1.72. The maximum Gasteiger partial charge on any atom is 0.146 e. The zero-order valence-corrected chi connectivity index (χ0v) is 13.4. The van der Waals surface area contributed by atoms with E-state index in [9.17, 15) is 4.79 Å². The third-order valence-corrected chi connectivity index (χ3v) is 2.68. The summed E-state index contributed by atoms with van der Waals surface area (Å²) in [5.74, 6) is 0.961. The first-order valence-corrected chi connectivity index (χ1v) is 7.33. The average Bonchev–Trinajstić information content (AvgIpc) is 2.38. The van der Waals surface area contributed by atoms with Crippen LogP contribution in [-0.2, 0) is 4.79 Å². The summed E-state index contributed by atoms with van der Waals surface area (Å²) in [7, 11) is 1.87. The monoisotopic (exact) mass is 245 g/mol. The SMILES string of the molecule is CC.CC.CCCC(CC)CC(NC)C(C)=O. The van der Waals surface area contributed by atoms with Crippen LogP contribution in [0.1, 0.15) is 74.1 Å². The van der Waals surface area contributed by atoms with Gasteiger partial charge in [-0.05, 0) is 26.3 Å². The van der Waals surface area contributed by atoms with Crippen LogP contribution < -0.4 is 5.32 Å². The van der Waals surface area contributed by atoms with Gasteiger partial charge in [0.25, 0.3) is 0 Å². The molecule has 0 rings (SSSR count). The fraction of sp³-hybridized carbons (Fsp3) is 0.933. The zero-order valence-electron chi connectivity index (χ0n) is 13.4. The number of carbonyl (C=O) groups excluding carboxylic acids is 1. The van der Waals surface area contributed by atoms with Gasteiger partial charge >= 0.3 is 0 Å². The summed E-state index contributed by atoms with van der Waals surface area (Å²) in [6.45, 7) is 14.1. The molecule has 106 valence electrons. The predicted octanol–water partition coefficient (Wildman–Crippen LogP) is 4.43. The van der Waals surface area contributed by atoms with Crippen molar-refractivity contribution in [3.05, 3.63) is 0 Å². The number of nitrogens with one attached hydrogen (secondary N) is 1. The number of hydrogen-bond donors (Lipinski definition) is 1. The minimum Gasteiger partial charge on any atom is -0.311 e. The molecule has 0 bridgehead atoms. The number of likely N-dealkylation sites (N-methyl/N-ethyl adjacent to an activating group) is 1. The Morgan fingerprint density at radius 2 is 1.59 bits per heavy atom. The van der Waals surface area contributed by atoms with Gasteiger partial charge in [-0.15, -0.1) is 0 Å². The molecule has 2 unspecified atom stereocenters.